The van der Waals surface area contributed by atoms with Gasteiger partial charge in [0.2, 0.25) is 11.8 Å². The first-order valence-electron chi connectivity index (χ1n) is 5.60. The molecule has 2 aliphatic heterocycles. The molecular weight excluding hydrogens is 238 g/mol. The second kappa shape index (κ2) is 5.35. The Hall–Kier alpha value is -1.30. The molecule has 0 aromatic heterocycles. The van der Waals surface area contributed by atoms with Crippen LogP contribution in [-0.2, 0) is 9.59 Å². The van der Waals surface area contributed by atoms with Gasteiger partial charge >= 0.3 is 0 Å². The van der Waals surface area contributed by atoms with Gasteiger partial charge in [-0.1, -0.05) is 11.8 Å². The third-order valence-electron chi connectivity index (χ3n) is 2.62. The summed E-state index contributed by atoms with van der Waals surface area (Å²) in [5.74, 6) is -0.0468. The summed E-state index contributed by atoms with van der Waals surface area (Å²) in [7, 11) is 0. The molecule has 0 fully saturated rings. The van der Waals surface area contributed by atoms with Crippen LogP contribution < -0.4 is 10.6 Å². The zero-order valence-electron chi connectivity index (χ0n) is 9.66. The summed E-state index contributed by atoms with van der Waals surface area (Å²) in [6.45, 7) is 2.41. The van der Waals surface area contributed by atoms with Crippen molar-refractivity contribution in [2.45, 2.75) is 25.0 Å². The van der Waals surface area contributed by atoms with Crippen molar-refractivity contribution in [1.29, 1.82) is 0 Å². The molecule has 1 atom stereocenters. The highest BCUT2D eigenvalue weighted by atomic mass is 32.2. The van der Waals surface area contributed by atoms with E-state index in [1.54, 1.807) is 0 Å². The lowest BCUT2D eigenvalue weighted by Crippen LogP contribution is -2.37. The molecule has 0 radical (unpaired) electrons. The number of nitrogens with zero attached hydrogens (tertiary/aromatic N) is 1. The normalized spacial score (nSPS) is 21.6. The van der Waals surface area contributed by atoms with E-state index in [1.807, 2.05) is 6.21 Å². The number of allylic oxidation sites excluding steroid dienone is 1. The molecule has 5 nitrogen and oxygen atoms in total. The van der Waals surface area contributed by atoms with E-state index in [0.717, 1.165) is 17.9 Å². The first-order valence-corrected chi connectivity index (χ1v) is 6.48. The fourth-order valence-electron chi connectivity index (χ4n) is 1.79. The molecule has 2 aliphatic rings. The van der Waals surface area contributed by atoms with Crippen LogP contribution in [-0.4, -0.2) is 36.4 Å². The average molecular weight is 253 g/mol. The van der Waals surface area contributed by atoms with Crippen molar-refractivity contribution in [2.75, 3.05) is 13.1 Å². The van der Waals surface area contributed by atoms with Crippen LogP contribution in [0.25, 0.3) is 0 Å². The van der Waals surface area contributed by atoms with Crippen LogP contribution in [0.15, 0.2) is 15.6 Å². The van der Waals surface area contributed by atoms with E-state index in [0.29, 0.717) is 13.1 Å². The Bertz CT molecular complexity index is 404. The second-order valence-corrected chi connectivity index (χ2v) is 5.20. The third-order valence-corrected chi connectivity index (χ3v) is 3.91. The molecule has 2 amide bonds. The van der Waals surface area contributed by atoms with E-state index in [2.05, 4.69) is 15.6 Å². The highest BCUT2D eigenvalue weighted by Crippen LogP contribution is 2.42. The summed E-state index contributed by atoms with van der Waals surface area (Å²) < 4.78 is 0. The summed E-state index contributed by atoms with van der Waals surface area (Å²) in [4.78, 5) is 26.7. The molecule has 0 saturated heterocycles. The standard InChI is InChI=1S/C11H15N3O2S/c1-7(15)12-4-5-13-10(16)9-6-8-2-3-14-11(8)17-9/h3,9H,2,4-6H2,1H3,(H,12,15)(H,13,16). The van der Waals surface area contributed by atoms with Gasteiger partial charge in [-0.3, -0.25) is 14.6 Å². The maximum absolute atomic E-state index is 11.8. The molecule has 0 bridgehead atoms. The van der Waals surface area contributed by atoms with Crippen molar-refractivity contribution in [3.05, 3.63) is 10.6 Å². The van der Waals surface area contributed by atoms with Gasteiger partial charge in [-0.2, -0.15) is 0 Å². The quantitative estimate of drug-likeness (QED) is 0.714. The number of amides is 2. The van der Waals surface area contributed by atoms with E-state index in [4.69, 9.17) is 0 Å². The highest BCUT2D eigenvalue weighted by Gasteiger charge is 2.31. The topological polar surface area (TPSA) is 70.6 Å². The van der Waals surface area contributed by atoms with Crippen molar-refractivity contribution in [2.24, 2.45) is 4.99 Å². The van der Waals surface area contributed by atoms with E-state index in [-0.39, 0.29) is 17.1 Å². The fourth-order valence-corrected chi connectivity index (χ4v) is 3.00. The van der Waals surface area contributed by atoms with Crippen LogP contribution in [0.3, 0.4) is 0 Å². The van der Waals surface area contributed by atoms with Gasteiger partial charge in [-0.25, -0.2) is 0 Å². The monoisotopic (exact) mass is 253 g/mol. The summed E-state index contributed by atoms with van der Waals surface area (Å²) in [5.41, 5.74) is 1.28. The number of aliphatic imine (C=N–C) groups is 1. The number of carbonyl (C=O) groups is 2. The zero-order valence-corrected chi connectivity index (χ0v) is 10.5. The maximum atomic E-state index is 11.8. The van der Waals surface area contributed by atoms with Crippen LogP contribution in [0.4, 0.5) is 0 Å². The lowest BCUT2D eigenvalue weighted by atomic mass is 10.1. The van der Waals surface area contributed by atoms with E-state index in [1.165, 1.54) is 24.3 Å². The van der Waals surface area contributed by atoms with E-state index in [9.17, 15) is 9.59 Å². The Morgan fingerprint density at radius 2 is 2.24 bits per heavy atom. The molecule has 17 heavy (non-hydrogen) atoms. The lowest BCUT2D eigenvalue weighted by Gasteiger charge is -2.11. The van der Waals surface area contributed by atoms with Gasteiger partial charge in [0.05, 0.1) is 10.3 Å². The predicted molar refractivity (Wildman–Crippen MR) is 67.8 cm³/mol. The number of nitrogens with one attached hydrogen (secondary N) is 2. The Labute approximate surface area is 104 Å². The molecule has 92 valence electrons. The molecule has 2 N–H and O–H groups in total. The largest absolute Gasteiger partial charge is 0.355 e. The number of hydrogen-bond acceptors (Lipinski definition) is 4. The minimum atomic E-state index is -0.0792. The molecule has 6 heteroatoms. The molecular formula is C11H15N3O2S. The van der Waals surface area contributed by atoms with E-state index < -0.39 is 0 Å². The van der Waals surface area contributed by atoms with Gasteiger partial charge in [0.25, 0.3) is 0 Å². The Morgan fingerprint density at radius 3 is 2.94 bits per heavy atom. The summed E-state index contributed by atoms with van der Waals surface area (Å²) >= 11 is 1.54. The minimum absolute atomic E-state index is 0.0324. The first kappa shape index (κ1) is 12.2. The van der Waals surface area contributed by atoms with Crippen molar-refractivity contribution >= 4 is 29.8 Å². The summed E-state index contributed by atoms with van der Waals surface area (Å²) in [6, 6.07) is 0. The smallest absolute Gasteiger partial charge is 0.233 e. The van der Waals surface area contributed by atoms with Crippen LogP contribution in [0.5, 0.6) is 0 Å². The van der Waals surface area contributed by atoms with Crippen molar-refractivity contribution < 1.29 is 9.59 Å². The Kier molecular flexibility index (Phi) is 3.83. The van der Waals surface area contributed by atoms with Crippen molar-refractivity contribution in [3.63, 3.8) is 0 Å². The van der Waals surface area contributed by atoms with Gasteiger partial charge < -0.3 is 10.6 Å². The summed E-state index contributed by atoms with van der Waals surface area (Å²) in [6.07, 6.45) is 3.58. The summed E-state index contributed by atoms with van der Waals surface area (Å²) in [5, 5.41) is 6.43. The van der Waals surface area contributed by atoms with Gasteiger partial charge in [0.15, 0.2) is 0 Å². The lowest BCUT2D eigenvalue weighted by molar-refractivity contribution is -0.121. The maximum Gasteiger partial charge on any atom is 0.233 e. The molecule has 0 spiro atoms. The number of rotatable bonds is 4. The van der Waals surface area contributed by atoms with Gasteiger partial charge in [0, 0.05) is 32.6 Å². The van der Waals surface area contributed by atoms with Gasteiger partial charge in [-0.05, 0) is 12.0 Å². The highest BCUT2D eigenvalue weighted by molar-refractivity contribution is 8.04. The Balaban J connectivity index is 1.68. The molecule has 0 aromatic rings. The molecule has 0 saturated carbocycles. The second-order valence-electron chi connectivity index (χ2n) is 4.01. The first-order chi connectivity index (χ1) is 8.16. The number of carbonyl (C=O) groups excluding carboxylic acids is 2. The van der Waals surface area contributed by atoms with Crippen LogP contribution in [0, 0.1) is 0 Å². The predicted octanol–water partition coefficient (Wildman–Crippen LogP) is 0.430. The molecule has 2 rings (SSSR count). The fraction of sp³-hybridized carbons (Fsp3) is 0.545. The van der Waals surface area contributed by atoms with Gasteiger partial charge in [0.1, 0.15) is 0 Å². The molecule has 0 aromatic carbocycles. The van der Waals surface area contributed by atoms with Crippen molar-refractivity contribution in [3.8, 4) is 0 Å². The van der Waals surface area contributed by atoms with Crippen molar-refractivity contribution in [1.82, 2.24) is 10.6 Å². The van der Waals surface area contributed by atoms with Crippen LogP contribution in [0.2, 0.25) is 0 Å². The molecule has 0 aliphatic carbocycles. The minimum Gasteiger partial charge on any atom is -0.355 e. The SMILES string of the molecule is CC(=O)NCCNC(=O)C1CC2=C(N=CC2)S1. The van der Waals surface area contributed by atoms with Crippen LogP contribution in [0.1, 0.15) is 19.8 Å². The molecule has 2 heterocycles. The number of hydrogen-bond donors (Lipinski definition) is 2. The van der Waals surface area contributed by atoms with E-state index >= 15 is 0 Å². The average Bonchev–Trinajstić information content (AvgIpc) is 2.83. The zero-order chi connectivity index (χ0) is 12.3. The van der Waals surface area contributed by atoms with Gasteiger partial charge in [-0.15, -0.1) is 0 Å². The number of thioether (sulfide) groups is 1. The van der Waals surface area contributed by atoms with Crippen LogP contribution >= 0.6 is 11.8 Å². The molecule has 1 unspecified atom stereocenters. The third kappa shape index (κ3) is 3.09. The Morgan fingerprint density at radius 1 is 1.47 bits per heavy atom.